The molecule has 1 aromatic rings. The highest BCUT2D eigenvalue weighted by molar-refractivity contribution is 7.80. The summed E-state index contributed by atoms with van der Waals surface area (Å²) in [5, 5.41) is 8.69. The van der Waals surface area contributed by atoms with E-state index in [1.807, 2.05) is 6.92 Å². The first-order valence-electron chi connectivity index (χ1n) is 8.06. The fourth-order valence-corrected chi connectivity index (χ4v) is 2.16. The number of hydrogen-bond acceptors (Lipinski definition) is 3. The monoisotopic (exact) mass is 335 g/mol. The molecule has 0 heterocycles. The first kappa shape index (κ1) is 19.1. The first-order chi connectivity index (χ1) is 11.1. The minimum Gasteiger partial charge on any atom is -0.352 e. The van der Waals surface area contributed by atoms with Gasteiger partial charge in [0.1, 0.15) is 0 Å². The molecule has 0 aliphatic carbocycles. The molecule has 0 aromatic heterocycles. The Hall–Kier alpha value is -1.95. The number of amides is 2. The molecule has 126 valence electrons. The van der Waals surface area contributed by atoms with E-state index >= 15 is 0 Å². The Kier molecular flexibility index (Phi) is 8.90. The molecule has 1 aromatic carbocycles. The molecule has 0 bridgehead atoms. The summed E-state index contributed by atoms with van der Waals surface area (Å²) in [6.07, 6.45) is 4.36. The van der Waals surface area contributed by atoms with Gasteiger partial charge in [-0.05, 0) is 49.3 Å². The van der Waals surface area contributed by atoms with Crippen LogP contribution in [0.25, 0.3) is 0 Å². The van der Waals surface area contributed by atoms with Crippen molar-refractivity contribution >= 4 is 34.8 Å². The smallest absolute Gasteiger partial charge is 0.251 e. The molecule has 0 fully saturated rings. The van der Waals surface area contributed by atoms with E-state index in [1.54, 1.807) is 24.3 Å². The third-order valence-electron chi connectivity index (χ3n) is 3.20. The van der Waals surface area contributed by atoms with Crippen molar-refractivity contribution in [3.05, 3.63) is 29.8 Å². The molecule has 1 rings (SSSR count). The number of nitrogens with one attached hydrogen (secondary N) is 3. The third kappa shape index (κ3) is 7.74. The van der Waals surface area contributed by atoms with Gasteiger partial charge in [-0.25, -0.2) is 0 Å². The van der Waals surface area contributed by atoms with Crippen molar-refractivity contribution < 1.29 is 9.59 Å². The van der Waals surface area contributed by atoms with Crippen LogP contribution < -0.4 is 16.0 Å². The number of hydrogen-bond donors (Lipinski definition) is 3. The highest BCUT2D eigenvalue weighted by atomic mass is 32.1. The van der Waals surface area contributed by atoms with Crippen molar-refractivity contribution in [2.75, 3.05) is 11.9 Å². The minimum atomic E-state index is -0.0924. The van der Waals surface area contributed by atoms with Crippen LogP contribution in [0.15, 0.2) is 24.3 Å². The lowest BCUT2D eigenvalue weighted by Crippen LogP contribution is -2.33. The van der Waals surface area contributed by atoms with E-state index in [0.717, 1.165) is 31.4 Å². The maximum atomic E-state index is 11.8. The molecule has 0 spiro atoms. The molecule has 0 aliphatic rings. The van der Waals surface area contributed by atoms with E-state index in [4.69, 9.17) is 12.2 Å². The summed E-state index contributed by atoms with van der Waals surface area (Å²) in [6, 6.07) is 6.96. The summed E-state index contributed by atoms with van der Waals surface area (Å²) in [5.41, 5.74) is 1.33. The number of rotatable bonds is 8. The number of unbranched alkanes of at least 4 members (excludes halogenated alkanes) is 2. The quantitative estimate of drug-likeness (QED) is 0.504. The largest absolute Gasteiger partial charge is 0.352 e. The van der Waals surface area contributed by atoms with Gasteiger partial charge in [0.2, 0.25) is 5.91 Å². The first-order valence-corrected chi connectivity index (χ1v) is 8.46. The molecule has 3 N–H and O–H groups in total. The van der Waals surface area contributed by atoms with Crippen molar-refractivity contribution in [2.45, 2.75) is 46.0 Å². The third-order valence-corrected chi connectivity index (χ3v) is 3.40. The second kappa shape index (κ2) is 10.7. The number of thiocarbonyl (C=S) groups is 1. The zero-order chi connectivity index (χ0) is 17.1. The SMILES string of the molecule is CCCCCC(=O)NC(=S)Nc1ccc(C(=O)NCCC)cc1. The van der Waals surface area contributed by atoms with Gasteiger partial charge in [0, 0.05) is 24.2 Å². The van der Waals surface area contributed by atoms with Crippen molar-refractivity contribution in [2.24, 2.45) is 0 Å². The van der Waals surface area contributed by atoms with Gasteiger partial charge >= 0.3 is 0 Å². The maximum absolute atomic E-state index is 11.8. The Morgan fingerprint density at radius 2 is 1.74 bits per heavy atom. The van der Waals surface area contributed by atoms with Crippen LogP contribution in [0.5, 0.6) is 0 Å². The predicted molar refractivity (Wildman–Crippen MR) is 97.6 cm³/mol. The molecule has 0 saturated heterocycles. The minimum absolute atomic E-state index is 0.0773. The Labute approximate surface area is 143 Å². The van der Waals surface area contributed by atoms with Gasteiger partial charge in [0.05, 0.1) is 0 Å². The lowest BCUT2D eigenvalue weighted by Gasteiger charge is -2.10. The fourth-order valence-electron chi connectivity index (χ4n) is 1.93. The number of carbonyl (C=O) groups excluding carboxylic acids is 2. The van der Waals surface area contributed by atoms with Crippen LogP contribution >= 0.6 is 12.2 Å². The lowest BCUT2D eigenvalue weighted by atomic mass is 10.2. The van der Waals surface area contributed by atoms with E-state index in [-0.39, 0.29) is 16.9 Å². The van der Waals surface area contributed by atoms with Crippen molar-refractivity contribution in [1.82, 2.24) is 10.6 Å². The Balaban J connectivity index is 2.43. The molecule has 6 heteroatoms. The van der Waals surface area contributed by atoms with Crippen LogP contribution in [0.1, 0.15) is 56.3 Å². The average Bonchev–Trinajstić information content (AvgIpc) is 2.53. The summed E-state index contributed by atoms with van der Waals surface area (Å²) in [4.78, 5) is 23.5. The zero-order valence-corrected chi connectivity index (χ0v) is 14.6. The van der Waals surface area contributed by atoms with Crippen LogP contribution in [0.2, 0.25) is 0 Å². The van der Waals surface area contributed by atoms with E-state index in [1.165, 1.54) is 0 Å². The van der Waals surface area contributed by atoms with Gasteiger partial charge in [-0.2, -0.15) is 0 Å². The summed E-state index contributed by atoms with van der Waals surface area (Å²) in [5.74, 6) is -0.170. The van der Waals surface area contributed by atoms with E-state index < -0.39 is 0 Å². The predicted octanol–water partition coefficient (Wildman–Crippen LogP) is 3.22. The van der Waals surface area contributed by atoms with Crippen LogP contribution in [0.4, 0.5) is 5.69 Å². The molecule has 0 atom stereocenters. The Morgan fingerprint density at radius 1 is 1.04 bits per heavy atom. The zero-order valence-electron chi connectivity index (χ0n) is 13.8. The maximum Gasteiger partial charge on any atom is 0.251 e. The number of carbonyl (C=O) groups is 2. The van der Waals surface area contributed by atoms with E-state index in [2.05, 4.69) is 22.9 Å². The molecule has 0 radical (unpaired) electrons. The van der Waals surface area contributed by atoms with Gasteiger partial charge in [-0.15, -0.1) is 0 Å². The van der Waals surface area contributed by atoms with Gasteiger partial charge in [0.25, 0.3) is 5.91 Å². The molecule has 5 nitrogen and oxygen atoms in total. The highest BCUT2D eigenvalue weighted by Crippen LogP contribution is 2.09. The molecule has 0 aliphatic heterocycles. The summed E-state index contributed by atoms with van der Waals surface area (Å²) in [6.45, 7) is 4.76. The summed E-state index contributed by atoms with van der Waals surface area (Å²) >= 11 is 5.11. The van der Waals surface area contributed by atoms with Gasteiger partial charge in [-0.1, -0.05) is 26.7 Å². The Bertz CT molecular complexity index is 529. The second-order valence-corrected chi connectivity index (χ2v) is 5.70. The normalized spacial score (nSPS) is 10.0. The Morgan fingerprint density at radius 3 is 2.35 bits per heavy atom. The summed E-state index contributed by atoms with van der Waals surface area (Å²) < 4.78 is 0. The number of anilines is 1. The molecular formula is C17H25N3O2S. The van der Waals surface area contributed by atoms with Gasteiger partial charge in [-0.3, -0.25) is 9.59 Å². The van der Waals surface area contributed by atoms with Crippen molar-refractivity contribution in [3.8, 4) is 0 Å². The number of benzene rings is 1. The molecule has 2 amide bonds. The molecular weight excluding hydrogens is 310 g/mol. The van der Waals surface area contributed by atoms with Crippen LogP contribution in [-0.2, 0) is 4.79 Å². The van der Waals surface area contributed by atoms with Crippen LogP contribution in [0, 0.1) is 0 Å². The standard InChI is InChI=1S/C17H25N3O2S/c1-3-5-6-7-15(21)20-17(23)19-14-10-8-13(9-11-14)16(22)18-12-4-2/h8-11H,3-7,12H2,1-2H3,(H,18,22)(H2,19,20,21,23). The lowest BCUT2D eigenvalue weighted by molar-refractivity contribution is -0.119. The molecule has 23 heavy (non-hydrogen) atoms. The second-order valence-electron chi connectivity index (χ2n) is 5.29. The summed E-state index contributed by atoms with van der Waals surface area (Å²) in [7, 11) is 0. The molecule has 0 unspecified atom stereocenters. The van der Waals surface area contributed by atoms with Gasteiger partial charge < -0.3 is 16.0 Å². The van der Waals surface area contributed by atoms with Crippen LogP contribution in [0.3, 0.4) is 0 Å². The molecule has 0 saturated carbocycles. The topological polar surface area (TPSA) is 70.2 Å². The highest BCUT2D eigenvalue weighted by Gasteiger charge is 2.06. The van der Waals surface area contributed by atoms with E-state index in [0.29, 0.717) is 18.5 Å². The van der Waals surface area contributed by atoms with Crippen LogP contribution in [-0.4, -0.2) is 23.5 Å². The average molecular weight is 335 g/mol. The fraction of sp³-hybridized carbons (Fsp3) is 0.471. The van der Waals surface area contributed by atoms with Crippen molar-refractivity contribution in [1.29, 1.82) is 0 Å². The van der Waals surface area contributed by atoms with Crippen molar-refractivity contribution in [3.63, 3.8) is 0 Å². The van der Waals surface area contributed by atoms with Gasteiger partial charge in [0.15, 0.2) is 5.11 Å². The van der Waals surface area contributed by atoms with E-state index in [9.17, 15) is 9.59 Å².